The van der Waals surface area contributed by atoms with Gasteiger partial charge in [0.25, 0.3) is 10.1 Å². The average Bonchev–Trinajstić information content (AvgIpc) is 3.11. The molecule has 0 spiro atoms. The quantitative estimate of drug-likeness (QED) is 0.0252. The second-order valence-corrected chi connectivity index (χ2v) is 19.3. The third kappa shape index (κ3) is 21.6. The van der Waals surface area contributed by atoms with E-state index in [1.54, 1.807) is 0 Å². The normalized spacial score (nSPS) is 11.8. The van der Waals surface area contributed by atoms with Crippen LogP contribution in [-0.4, -0.2) is 114 Å². The molecule has 0 aliphatic carbocycles. The second kappa shape index (κ2) is 28.4. The fourth-order valence-electron chi connectivity index (χ4n) is 4.39. The summed E-state index contributed by atoms with van der Waals surface area (Å²) in [7, 11) is -26.5. The van der Waals surface area contributed by atoms with E-state index in [4.69, 9.17) is 39.8 Å². The minimum absolute atomic E-state index is 0. The van der Waals surface area contributed by atoms with Gasteiger partial charge in [0.2, 0.25) is 20.8 Å². The van der Waals surface area contributed by atoms with Gasteiger partial charge in [0, 0.05) is 53.4 Å². The van der Waals surface area contributed by atoms with Gasteiger partial charge in [0.1, 0.15) is 42.8 Å². The third-order valence-electron chi connectivity index (χ3n) is 6.88. The summed E-state index contributed by atoms with van der Waals surface area (Å²) in [6.07, 6.45) is 0. The Kier molecular flexibility index (Phi) is 31.0. The van der Waals surface area contributed by atoms with Crippen molar-refractivity contribution in [2.45, 2.75) is 19.6 Å². The predicted octanol–water partition coefficient (Wildman–Crippen LogP) is -9.68. The van der Waals surface area contributed by atoms with Crippen LogP contribution in [0.3, 0.4) is 0 Å². The number of sulfone groups is 2. The zero-order chi connectivity index (χ0) is 46.4. The van der Waals surface area contributed by atoms with Crippen molar-refractivity contribution in [3.05, 3.63) is 62.4 Å². The summed E-state index contributed by atoms with van der Waals surface area (Å²) >= 11 is 0. The van der Waals surface area contributed by atoms with Crippen molar-refractivity contribution in [1.29, 1.82) is 0 Å². The van der Waals surface area contributed by atoms with Gasteiger partial charge < -0.3 is 47.8 Å². The molecule has 0 aliphatic rings. The monoisotopic (exact) mass is 1120 g/mol. The molecule has 0 saturated carbocycles. The van der Waals surface area contributed by atoms with Gasteiger partial charge in [-0.05, 0) is 18.2 Å². The number of nitrogens with zero attached hydrogens (tertiary/aromatic N) is 4. The molecule has 4 rings (SSSR count). The number of hydrogen-bond acceptors (Lipinski definition) is 23. The number of hydrogen-bond donors (Lipinski definition) is 6. The van der Waals surface area contributed by atoms with Gasteiger partial charge >= 0.3 is 118 Å². The molecule has 37 heteroatoms. The maximum Gasteiger partial charge on any atom is 1.00 e. The fourth-order valence-corrected chi connectivity index (χ4v) is 8.19. The zero-order valence-corrected chi connectivity index (χ0v) is 48.0. The van der Waals surface area contributed by atoms with Crippen LogP contribution in [0.2, 0.25) is 0 Å². The molecule has 26 nitrogen and oxygen atoms in total. The van der Waals surface area contributed by atoms with Crippen molar-refractivity contribution in [3.63, 3.8) is 0 Å². The standard InChI is InChI=1S/C28H26N5O13S4.Cu.4Na.2H2O4S/c1-5-47(36,37)24-13-21(34)19(11-22(24)46-4)31-30-18-10-7-15-16(28(18)35)8-9-17(29-3)27(15)33-32-20-12-25(48(38,39)6-2)26(50(43,44)45)14-23(20)49(40,41)42;;;;;;2*1-5(2,3)4/h7-9,11-14,29,34-35H,1-2,5-6H2,3-4H3,(H,40,41,42)(H,43,44,45);;;;;;2*(H2,1,2,3,4)/q-3;;4*+1;;/p-3. The Balaban J connectivity index is -0.00000112. The number of benzene rings is 4. The van der Waals surface area contributed by atoms with E-state index in [9.17, 15) is 53.0 Å². The number of rotatable bonds is 12. The molecule has 0 aliphatic heterocycles. The van der Waals surface area contributed by atoms with E-state index in [1.807, 2.05) is 0 Å². The van der Waals surface area contributed by atoms with Crippen LogP contribution in [0.4, 0.5) is 28.4 Å². The largest absolute Gasteiger partial charge is 1.00 e. The fraction of sp³-hybridized carbons (Fsp3) is 0.143. The molecule has 0 unspecified atom stereocenters. The first-order valence-electron chi connectivity index (χ1n) is 14.8. The summed E-state index contributed by atoms with van der Waals surface area (Å²) in [5.41, 5.74) is -1.30. The molecule has 0 fully saturated rings. The van der Waals surface area contributed by atoms with Crippen LogP contribution < -0.4 is 128 Å². The van der Waals surface area contributed by atoms with Crippen LogP contribution in [0.15, 0.2) is 82.5 Å². The van der Waals surface area contributed by atoms with Gasteiger partial charge in [0.15, 0.2) is 19.7 Å². The molecule has 0 aromatic heterocycles. The summed E-state index contributed by atoms with van der Waals surface area (Å²) < 4.78 is 190. The van der Waals surface area contributed by atoms with Gasteiger partial charge in [-0.2, -0.15) is 35.9 Å². The molecule has 6 N–H and O–H groups in total. The first kappa shape index (κ1) is 71.1. The number of aromatic hydroxyl groups is 2. The number of azo groups is 2. The van der Waals surface area contributed by atoms with Crippen molar-refractivity contribution in [1.82, 2.24) is 0 Å². The maximum atomic E-state index is 12.6. The number of phenolic OH excluding ortho intramolecular Hbond substituents is 2. The molecule has 343 valence electrons. The van der Waals surface area contributed by atoms with Gasteiger partial charge in [-0.3, -0.25) is 13.7 Å². The molecule has 0 amide bonds. The topological polar surface area (TPSA) is 446 Å². The van der Waals surface area contributed by atoms with Crippen LogP contribution in [0.25, 0.3) is 10.8 Å². The Hall–Kier alpha value is -0.481. The van der Waals surface area contributed by atoms with Gasteiger partial charge in [-0.1, -0.05) is 28.3 Å². The van der Waals surface area contributed by atoms with Gasteiger partial charge in [0.05, 0.1) is 22.6 Å². The van der Waals surface area contributed by atoms with E-state index < -0.39 is 104 Å². The first-order chi connectivity index (χ1) is 27.2. The number of anilines is 1. The Morgan fingerprint density at radius 1 is 0.662 bits per heavy atom. The molecule has 0 atom stereocenters. The van der Waals surface area contributed by atoms with Crippen molar-refractivity contribution < 1.29 is 228 Å². The van der Waals surface area contributed by atoms with Crippen LogP contribution in [-0.2, 0) is 77.8 Å². The summed E-state index contributed by atoms with van der Waals surface area (Å²) in [6, 6.07) is 9.32. The van der Waals surface area contributed by atoms with Crippen LogP contribution >= 0.6 is 0 Å². The molecule has 0 bridgehead atoms. The molecule has 4 aromatic rings. The minimum Gasteiger partial charge on any atom is -0.744 e. The number of methoxy groups -OCH3 is 1. The first-order valence-corrected chi connectivity index (χ1v) is 23.7. The Morgan fingerprint density at radius 2 is 1.14 bits per heavy atom. The Morgan fingerprint density at radius 3 is 1.57 bits per heavy atom. The van der Waals surface area contributed by atoms with E-state index in [2.05, 4.69) is 45.7 Å². The van der Waals surface area contributed by atoms with Crippen molar-refractivity contribution in [2.24, 2.45) is 20.5 Å². The number of ether oxygens (including phenoxy) is 1. The summed E-state index contributed by atoms with van der Waals surface area (Å²) in [6.45, 7) is 6.54. The predicted molar refractivity (Wildman–Crippen MR) is 201 cm³/mol. The number of fused-ring (bicyclic) bond motifs is 1. The van der Waals surface area contributed by atoms with Crippen LogP contribution in [0.5, 0.6) is 17.2 Å². The molecule has 0 saturated heterocycles. The zero-order valence-electron chi connectivity index (χ0n) is 34.2. The van der Waals surface area contributed by atoms with E-state index in [-0.39, 0.29) is 186 Å². The summed E-state index contributed by atoms with van der Waals surface area (Å²) in [4.78, 5) is -4.13. The Bertz CT molecular complexity index is 3030. The smallest absolute Gasteiger partial charge is 0.744 e. The third-order valence-corrected chi connectivity index (χ3v) is 11.8. The molecule has 4 aromatic carbocycles. The summed E-state index contributed by atoms with van der Waals surface area (Å²) in [5.74, 6) is -2.71. The molecule has 0 heterocycles. The molecular formula is C28H27CuN5Na4O21S6-2. The van der Waals surface area contributed by atoms with Crippen molar-refractivity contribution >= 4 is 99.9 Å². The van der Waals surface area contributed by atoms with E-state index >= 15 is 0 Å². The van der Waals surface area contributed by atoms with Crippen LogP contribution in [0.1, 0.15) is 0 Å². The number of nitrogens with one attached hydrogen (secondary N) is 1. The van der Waals surface area contributed by atoms with Crippen molar-refractivity contribution in [3.8, 4) is 17.2 Å². The van der Waals surface area contributed by atoms with Crippen molar-refractivity contribution in [2.75, 3.05) is 31.0 Å². The van der Waals surface area contributed by atoms with Crippen LogP contribution in [0, 0.1) is 19.9 Å². The average molecular weight is 1120 g/mol. The van der Waals surface area contributed by atoms with Gasteiger partial charge in [-0.25, -0.2) is 42.1 Å². The Labute approximate surface area is 472 Å². The second-order valence-electron chi connectivity index (χ2n) is 10.7. The van der Waals surface area contributed by atoms with E-state index in [1.165, 1.54) is 32.4 Å². The molecule has 1 radical (unpaired) electrons. The SMILES string of the molecule is O=S(=O)([O-])O.O=S(=O)([O-])O.[CH2-]CS(=O)(=O)c1cc(O)c(N=Nc2[c-]cc3c(N=Nc4cc(S(=O)(=O)C[CH2-])c(S(=O)(=O)O)cc4S(=O)(=O)[O-])c(NC)ccc3c2O)cc1OC.[Cu].[Na+].[Na+].[Na+].[Na+]. The minimum atomic E-state index is -5.54. The number of phenols is 2. The summed E-state index contributed by atoms with van der Waals surface area (Å²) in [5, 5.41) is 39.8. The maximum absolute atomic E-state index is 12.6. The van der Waals surface area contributed by atoms with E-state index in [0.717, 1.165) is 12.1 Å². The molecule has 65 heavy (non-hydrogen) atoms. The van der Waals surface area contributed by atoms with Gasteiger partial charge in [-0.15, -0.1) is 5.11 Å². The van der Waals surface area contributed by atoms with E-state index in [0.29, 0.717) is 6.07 Å². The molecular weight excluding hydrogens is 1090 g/mol.